The van der Waals surface area contributed by atoms with Crippen LogP contribution in [0.4, 0.5) is 9.39 Å². The number of nitrogens with zero attached hydrogens (tertiary/aromatic N) is 1. The van der Waals surface area contributed by atoms with E-state index in [1.165, 1.54) is 24.0 Å². The summed E-state index contributed by atoms with van der Waals surface area (Å²) in [5, 5.41) is 3.90. The second kappa shape index (κ2) is 8.74. The highest BCUT2D eigenvalue weighted by atomic mass is 32.1. The Hall–Kier alpha value is -2.44. The molecule has 4 nitrogen and oxygen atoms in total. The van der Waals surface area contributed by atoms with Crippen LogP contribution in [0.2, 0.25) is 0 Å². The zero-order chi connectivity index (χ0) is 21.3. The van der Waals surface area contributed by atoms with Crippen LogP contribution in [0.5, 0.6) is 0 Å². The third kappa shape index (κ3) is 4.20. The van der Waals surface area contributed by atoms with Crippen LogP contribution >= 0.6 is 11.3 Å². The maximum Gasteiger partial charge on any atom is 0.291 e. The number of nitrogens with one attached hydrogen (secondary N) is 1. The Bertz CT molecular complexity index is 1000. The number of likely N-dealkylation sites (tertiary alicyclic amines) is 1. The summed E-state index contributed by atoms with van der Waals surface area (Å²) in [7, 11) is 0. The number of rotatable bonds is 5. The number of thiophene rings is 1. The second-order valence-electron chi connectivity index (χ2n) is 8.13. The molecule has 1 N–H and O–H groups in total. The third-order valence-electron chi connectivity index (χ3n) is 6.05. The molecule has 0 saturated carbocycles. The average molecular weight is 427 g/mol. The number of hydrogen-bond donors (Lipinski definition) is 1. The zero-order valence-corrected chi connectivity index (χ0v) is 18.4. The fourth-order valence-corrected chi connectivity index (χ4v) is 5.22. The molecule has 1 fully saturated rings. The summed E-state index contributed by atoms with van der Waals surface area (Å²) in [6.07, 6.45) is 3.76. The van der Waals surface area contributed by atoms with Gasteiger partial charge < -0.3 is 9.73 Å². The lowest BCUT2D eigenvalue weighted by Crippen LogP contribution is -2.37. The topological polar surface area (TPSA) is 45.5 Å². The van der Waals surface area contributed by atoms with Gasteiger partial charge in [-0.25, -0.2) is 4.39 Å². The maximum atomic E-state index is 13.7. The molecule has 0 bridgehead atoms. The number of furan rings is 1. The number of benzene rings is 1. The van der Waals surface area contributed by atoms with Crippen LogP contribution in [-0.4, -0.2) is 23.9 Å². The van der Waals surface area contributed by atoms with E-state index in [0.29, 0.717) is 5.92 Å². The standard InChI is InChI=1S/C24H27FN2O2S/c1-15-10-12-27(13-11-15)22(18-6-8-19(25)9-7-18)21-16(2)17(3)30-24(21)26-23(28)20-5-4-14-29-20/h4-9,14-15,22H,10-13H2,1-3H3,(H,26,28)/t22-/m1/s1. The van der Waals surface area contributed by atoms with Gasteiger partial charge in [-0.3, -0.25) is 9.69 Å². The first-order chi connectivity index (χ1) is 14.4. The Balaban J connectivity index is 1.76. The highest BCUT2D eigenvalue weighted by molar-refractivity contribution is 7.16. The van der Waals surface area contributed by atoms with Crippen LogP contribution < -0.4 is 5.32 Å². The molecule has 1 saturated heterocycles. The SMILES string of the molecule is Cc1sc(NC(=O)c2ccco2)c([C@@H](c2ccc(F)cc2)N2CCC(C)CC2)c1C. The normalized spacial score (nSPS) is 16.5. The van der Waals surface area contributed by atoms with Gasteiger partial charge in [-0.1, -0.05) is 19.1 Å². The minimum absolute atomic E-state index is 0.0325. The molecule has 3 aromatic rings. The summed E-state index contributed by atoms with van der Waals surface area (Å²) in [5.74, 6) is 0.496. The molecule has 30 heavy (non-hydrogen) atoms. The van der Waals surface area contributed by atoms with Gasteiger partial charge in [-0.15, -0.1) is 11.3 Å². The molecule has 0 radical (unpaired) electrons. The highest BCUT2D eigenvalue weighted by Crippen LogP contribution is 2.43. The number of hydrogen-bond acceptors (Lipinski definition) is 4. The minimum atomic E-state index is -0.257. The number of carbonyl (C=O) groups excluding carboxylic acids is 1. The second-order valence-corrected chi connectivity index (χ2v) is 9.35. The van der Waals surface area contributed by atoms with Crippen LogP contribution in [0.25, 0.3) is 0 Å². The van der Waals surface area contributed by atoms with Crippen LogP contribution in [-0.2, 0) is 0 Å². The van der Waals surface area contributed by atoms with Crippen molar-refractivity contribution in [2.24, 2.45) is 5.92 Å². The van der Waals surface area contributed by atoms with Crippen molar-refractivity contribution in [2.75, 3.05) is 18.4 Å². The van der Waals surface area contributed by atoms with E-state index in [4.69, 9.17) is 4.42 Å². The first-order valence-corrected chi connectivity index (χ1v) is 11.2. The van der Waals surface area contributed by atoms with Crippen molar-refractivity contribution >= 4 is 22.2 Å². The number of anilines is 1. The lowest BCUT2D eigenvalue weighted by Gasteiger charge is -2.37. The van der Waals surface area contributed by atoms with Gasteiger partial charge in [0.05, 0.1) is 12.3 Å². The summed E-state index contributed by atoms with van der Waals surface area (Å²) in [6.45, 7) is 8.42. The smallest absolute Gasteiger partial charge is 0.291 e. The van der Waals surface area contributed by atoms with Crippen molar-refractivity contribution in [1.29, 1.82) is 0 Å². The molecule has 1 aliphatic heterocycles. The molecule has 0 unspecified atom stereocenters. The van der Waals surface area contributed by atoms with E-state index in [9.17, 15) is 9.18 Å². The Morgan fingerprint density at radius 2 is 1.90 bits per heavy atom. The fourth-order valence-electron chi connectivity index (χ4n) is 4.13. The van der Waals surface area contributed by atoms with Crippen LogP contribution in [0, 0.1) is 25.6 Å². The zero-order valence-electron chi connectivity index (χ0n) is 17.6. The van der Waals surface area contributed by atoms with E-state index < -0.39 is 0 Å². The lowest BCUT2D eigenvalue weighted by atomic mass is 9.91. The van der Waals surface area contributed by atoms with Gasteiger partial charge in [0.25, 0.3) is 5.91 Å². The first-order valence-electron chi connectivity index (χ1n) is 10.4. The minimum Gasteiger partial charge on any atom is -0.459 e. The molecule has 3 heterocycles. The number of amides is 1. The van der Waals surface area contributed by atoms with Gasteiger partial charge in [-0.05, 0) is 81.1 Å². The Labute approximate surface area is 180 Å². The van der Waals surface area contributed by atoms with E-state index in [-0.39, 0.29) is 23.5 Å². The van der Waals surface area contributed by atoms with Crippen LogP contribution in [0.15, 0.2) is 47.1 Å². The fraction of sp³-hybridized carbons (Fsp3) is 0.375. The van der Waals surface area contributed by atoms with Crippen molar-refractivity contribution in [2.45, 2.75) is 39.7 Å². The quantitative estimate of drug-likeness (QED) is 0.531. The molecule has 1 aromatic carbocycles. The molecule has 4 rings (SSSR count). The van der Waals surface area contributed by atoms with Crippen molar-refractivity contribution < 1.29 is 13.6 Å². The number of piperidine rings is 1. The maximum absolute atomic E-state index is 13.7. The summed E-state index contributed by atoms with van der Waals surface area (Å²) < 4.78 is 18.9. The van der Waals surface area contributed by atoms with Crippen molar-refractivity contribution in [3.63, 3.8) is 0 Å². The summed E-state index contributed by atoms with van der Waals surface area (Å²) in [5.41, 5.74) is 3.31. The van der Waals surface area contributed by atoms with E-state index in [1.807, 2.05) is 12.1 Å². The molecule has 2 aromatic heterocycles. The van der Waals surface area contributed by atoms with Gasteiger partial charge >= 0.3 is 0 Å². The average Bonchev–Trinajstić information content (AvgIpc) is 3.36. The van der Waals surface area contributed by atoms with Gasteiger partial charge in [0.15, 0.2) is 5.76 Å². The Kier molecular flexibility index (Phi) is 6.06. The van der Waals surface area contributed by atoms with Gasteiger partial charge in [-0.2, -0.15) is 0 Å². The molecule has 1 amide bonds. The van der Waals surface area contributed by atoms with Crippen molar-refractivity contribution in [3.8, 4) is 0 Å². The summed E-state index contributed by atoms with van der Waals surface area (Å²) >= 11 is 1.58. The summed E-state index contributed by atoms with van der Waals surface area (Å²) in [4.78, 5) is 16.3. The number of aryl methyl sites for hydroxylation is 1. The van der Waals surface area contributed by atoms with Gasteiger partial charge in [0, 0.05) is 10.4 Å². The van der Waals surface area contributed by atoms with Crippen molar-refractivity contribution in [1.82, 2.24) is 4.90 Å². The Morgan fingerprint density at radius 1 is 1.20 bits per heavy atom. The molecule has 0 aliphatic carbocycles. The first kappa shape index (κ1) is 20.8. The predicted molar refractivity (Wildman–Crippen MR) is 119 cm³/mol. The number of halogens is 1. The van der Waals surface area contributed by atoms with E-state index in [0.717, 1.165) is 46.9 Å². The highest BCUT2D eigenvalue weighted by Gasteiger charge is 2.31. The Morgan fingerprint density at radius 3 is 2.53 bits per heavy atom. The molecule has 6 heteroatoms. The molecule has 158 valence electrons. The molecule has 1 atom stereocenters. The van der Waals surface area contributed by atoms with E-state index >= 15 is 0 Å². The predicted octanol–water partition coefficient (Wildman–Crippen LogP) is 6.17. The van der Waals surface area contributed by atoms with E-state index in [1.54, 1.807) is 23.5 Å². The molecule has 0 spiro atoms. The molecular weight excluding hydrogens is 399 g/mol. The lowest BCUT2D eigenvalue weighted by molar-refractivity contribution is 0.0996. The molecule has 1 aliphatic rings. The summed E-state index contributed by atoms with van der Waals surface area (Å²) in [6, 6.07) is 10.1. The van der Waals surface area contributed by atoms with Crippen molar-refractivity contribution in [3.05, 3.63) is 75.8 Å². The van der Waals surface area contributed by atoms with E-state index in [2.05, 4.69) is 31.0 Å². The van der Waals surface area contributed by atoms with Gasteiger partial charge in [0.2, 0.25) is 0 Å². The largest absolute Gasteiger partial charge is 0.459 e. The third-order valence-corrected chi connectivity index (χ3v) is 7.18. The van der Waals surface area contributed by atoms with Gasteiger partial charge in [0.1, 0.15) is 10.8 Å². The monoisotopic (exact) mass is 426 g/mol. The number of carbonyl (C=O) groups is 1. The van der Waals surface area contributed by atoms with Crippen LogP contribution in [0.1, 0.15) is 57.9 Å². The van der Waals surface area contributed by atoms with Crippen LogP contribution in [0.3, 0.4) is 0 Å². The molecular formula is C24H27FN2O2S.